The van der Waals surface area contributed by atoms with Crippen LogP contribution in [0.15, 0.2) is 72.3 Å². The number of hydrogen-bond donors (Lipinski definition) is 1. The van der Waals surface area contributed by atoms with E-state index >= 15 is 0 Å². The minimum absolute atomic E-state index is 0.0220. The van der Waals surface area contributed by atoms with Crippen LogP contribution in [0.4, 0.5) is 5.69 Å². The van der Waals surface area contributed by atoms with E-state index in [0.29, 0.717) is 34.2 Å². The molecule has 4 rings (SSSR count). The molecule has 1 amide bonds. The van der Waals surface area contributed by atoms with Crippen LogP contribution in [-0.2, 0) is 9.59 Å². The van der Waals surface area contributed by atoms with Crippen molar-refractivity contribution >= 4 is 23.1 Å². The van der Waals surface area contributed by atoms with Crippen LogP contribution >= 0.6 is 0 Å². The van der Waals surface area contributed by atoms with Crippen molar-refractivity contribution < 1.29 is 33.6 Å². The number of ketones is 1. The molecule has 1 saturated heterocycles. The number of carbonyl (C=O) groups is 2. The van der Waals surface area contributed by atoms with Gasteiger partial charge in [0, 0.05) is 11.8 Å². The lowest BCUT2D eigenvalue weighted by molar-refractivity contribution is -0.132. The number of ether oxygens (including phenoxy) is 4. The normalized spacial score (nSPS) is 16.7. The largest absolute Gasteiger partial charge is 0.506 e. The molecule has 0 saturated carbocycles. The average molecular weight is 504 g/mol. The third-order valence-corrected chi connectivity index (χ3v) is 6.01. The van der Waals surface area contributed by atoms with E-state index in [0.717, 1.165) is 0 Å². The quantitative estimate of drug-likeness (QED) is 0.259. The Morgan fingerprint density at radius 2 is 1.46 bits per heavy atom. The highest BCUT2D eigenvalue weighted by Gasteiger charge is 2.47. The molecule has 0 spiro atoms. The first-order valence-corrected chi connectivity index (χ1v) is 11.7. The van der Waals surface area contributed by atoms with E-state index in [9.17, 15) is 14.7 Å². The van der Waals surface area contributed by atoms with E-state index in [2.05, 4.69) is 0 Å². The topological polar surface area (TPSA) is 94.5 Å². The minimum atomic E-state index is -0.935. The Hall–Kier alpha value is -4.46. The summed E-state index contributed by atoms with van der Waals surface area (Å²) < 4.78 is 22.0. The maximum Gasteiger partial charge on any atom is 0.300 e. The monoisotopic (exact) mass is 503 g/mol. The van der Waals surface area contributed by atoms with Crippen molar-refractivity contribution in [2.75, 3.05) is 26.2 Å². The number of amides is 1. The number of methoxy groups -OCH3 is 3. The third-order valence-electron chi connectivity index (χ3n) is 6.01. The molecule has 0 aliphatic carbocycles. The second-order valence-electron chi connectivity index (χ2n) is 8.64. The summed E-state index contributed by atoms with van der Waals surface area (Å²) in [6, 6.07) is 18.0. The van der Waals surface area contributed by atoms with Crippen molar-refractivity contribution in [3.05, 3.63) is 83.4 Å². The van der Waals surface area contributed by atoms with Crippen LogP contribution in [0.1, 0.15) is 31.0 Å². The first-order valence-electron chi connectivity index (χ1n) is 11.7. The average Bonchev–Trinajstić information content (AvgIpc) is 3.17. The highest BCUT2D eigenvalue weighted by Crippen LogP contribution is 2.45. The van der Waals surface area contributed by atoms with Gasteiger partial charge < -0.3 is 24.1 Å². The summed E-state index contributed by atoms with van der Waals surface area (Å²) in [5.41, 5.74) is 1.14. The summed E-state index contributed by atoms with van der Waals surface area (Å²) in [6.07, 6.45) is -0.0220. The molecule has 1 N–H and O–H groups in total. The van der Waals surface area contributed by atoms with Gasteiger partial charge >= 0.3 is 0 Å². The summed E-state index contributed by atoms with van der Waals surface area (Å²) in [4.78, 5) is 28.3. The van der Waals surface area contributed by atoms with Crippen molar-refractivity contribution in [1.82, 2.24) is 0 Å². The third kappa shape index (κ3) is 4.82. The molecule has 1 aliphatic rings. The van der Waals surface area contributed by atoms with Crippen LogP contribution in [0.3, 0.4) is 0 Å². The summed E-state index contributed by atoms with van der Waals surface area (Å²) >= 11 is 0. The van der Waals surface area contributed by atoms with Crippen LogP contribution in [-0.4, -0.2) is 44.2 Å². The van der Waals surface area contributed by atoms with Gasteiger partial charge in [0.1, 0.15) is 34.3 Å². The summed E-state index contributed by atoms with van der Waals surface area (Å²) in [5, 5.41) is 11.6. The molecule has 8 heteroatoms. The number of aliphatic hydroxyl groups is 1. The Labute approximate surface area is 215 Å². The predicted molar refractivity (Wildman–Crippen MR) is 140 cm³/mol. The van der Waals surface area contributed by atoms with Crippen molar-refractivity contribution in [3.63, 3.8) is 0 Å². The van der Waals surface area contributed by atoms with Crippen molar-refractivity contribution in [2.24, 2.45) is 0 Å². The number of anilines is 1. The van der Waals surface area contributed by atoms with Crippen molar-refractivity contribution in [3.8, 4) is 23.0 Å². The molecule has 1 aliphatic heterocycles. The van der Waals surface area contributed by atoms with Crippen molar-refractivity contribution in [1.29, 1.82) is 0 Å². The van der Waals surface area contributed by atoms with Gasteiger partial charge in [-0.3, -0.25) is 14.5 Å². The number of nitrogens with zero attached hydrogens (tertiary/aromatic N) is 1. The van der Waals surface area contributed by atoms with Gasteiger partial charge in [-0.05, 0) is 55.8 Å². The first kappa shape index (κ1) is 25.6. The molecular formula is C29H29NO7. The zero-order valence-corrected chi connectivity index (χ0v) is 21.3. The number of carbonyl (C=O) groups excluding carboxylic acids is 2. The maximum atomic E-state index is 13.5. The lowest BCUT2D eigenvalue weighted by Gasteiger charge is -2.26. The fourth-order valence-corrected chi connectivity index (χ4v) is 4.39. The predicted octanol–water partition coefficient (Wildman–Crippen LogP) is 5.13. The van der Waals surface area contributed by atoms with E-state index in [1.54, 1.807) is 66.7 Å². The smallest absolute Gasteiger partial charge is 0.300 e. The Morgan fingerprint density at radius 1 is 0.838 bits per heavy atom. The standard InChI is InChI=1S/C29H29NO7/c1-17(2)37-20-14-12-18(13-15-20)26-25(27(31)24-22(35-4)10-7-11-23(24)36-5)28(32)29(33)30(26)19-8-6-9-21(16-19)34-3/h6-17,26,31H,1-5H3/b27-25+. The summed E-state index contributed by atoms with van der Waals surface area (Å²) in [5.74, 6) is -0.260. The van der Waals surface area contributed by atoms with Gasteiger partial charge in [-0.15, -0.1) is 0 Å². The molecular weight excluding hydrogens is 474 g/mol. The van der Waals surface area contributed by atoms with Crippen LogP contribution < -0.4 is 23.8 Å². The Morgan fingerprint density at radius 3 is 2.03 bits per heavy atom. The van der Waals surface area contributed by atoms with E-state index in [4.69, 9.17) is 18.9 Å². The van der Waals surface area contributed by atoms with Gasteiger partial charge in [0.2, 0.25) is 0 Å². The molecule has 1 atom stereocenters. The van der Waals surface area contributed by atoms with E-state index < -0.39 is 23.5 Å². The van der Waals surface area contributed by atoms with Gasteiger partial charge in [0.15, 0.2) is 0 Å². The fraction of sp³-hybridized carbons (Fsp3) is 0.241. The number of benzene rings is 3. The number of hydrogen-bond acceptors (Lipinski definition) is 7. The zero-order valence-electron chi connectivity index (χ0n) is 21.3. The van der Waals surface area contributed by atoms with Gasteiger partial charge in [-0.2, -0.15) is 0 Å². The fourth-order valence-electron chi connectivity index (χ4n) is 4.39. The molecule has 3 aromatic rings. The van der Waals surface area contributed by atoms with Gasteiger partial charge in [0.25, 0.3) is 11.7 Å². The molecule has 0 aromatic heterocycles. The molecule has 3 aromatic carbocycles. The first-order chi connectivity index (χ1) is 17.8. The second-order valence-corrected chi connectivity index (χ2v) is 8.64. The van der Waals surface area contributed by atoms with Crippen molar-refractivity contribution in [2.45, 2.75) is 26.0 Å². The molecule has 1 heterocycles. The van der Waals surface area contributed by atoms with Crippen LogP contribution in [0.25, 0.3) is 5.76 Å². The molecule has 1 fully saturated rings. The zero-order chi connectivity index (χ0) is 26.7. The summed E-state index contributed by atoms with van der Waals surface area (Å²) in [7, 11) is 4.42. The number of Topliss-reactive ketones (excluding diaryl/α,β-unsaturated/α-hetero) is 1. The SMILES string of the molecule is COc1cccc(N2C(=O)C(=O)/C(=C(/O)c3c(OC)cccc3OC)C2c2ccc(OC(C)C)cc2)c1. The molecule has 8 nitrogen and oxygen atoms in total. The Kier molecular flexibility index (Phi) is 7.38. The lowest BCUT2D eigenvalue weighted by Crippen LogP contribution is -2.29. The molecule has 192 valence electrons. The molecule has 37 heavy (non-hydrogen) atoms. The Balaban J connectivity index is 1.96. The van der Waals surface area contributed by atoms with Gasteiger partial charge in [-0.25, -0.2) is 0 Å². The van der Waals surface area contributed by atoms with Crippen LogP contribution in [0, 0.1) is 0 Å². The Bertz CT molecular complexity index is 1320. The second kappa shape index (κ2) is 10.7. The highest BCUT2D eigenvalue weighted by molar-refractivity contribution is 6.51. The van der Waals surface area contributed by atoms with E-state index in [1.165, 1.54) is 26.2 Å². The molecule has 0 bridgehead atoms. The lowest BCUT2D eigenvalue weighted by atomic mass is 9.94. The van der Waals surface area contributed by atoms with Gasteiger partial charge in [0.05, 0.1) is 39.0 Å². The number of rotatable bonds is 8. The van der Waals surface area contributed by atoms with Crippen LogP contribution in [0.5, 0.6) is 23.0 Å². The maximum absolute atomic E-state index is 13.5. The van der Waals surface area contributed by atoms with Crippen LogP contribution in [0.2, 0.25) is 0 Å². The molecule has 0 radical (unpaired) electrons. The van der Waals surface area contributed by atoms with E-state index in [1.807, 2.05) is 13.8 Å². The minimum Gasteiger partial charge on any atom is -0.506 e. The van der Waals surface area contributed by atoms with E-state index in [-0.39, 0.29) is 17.2 Å². The molecule has 1 unspecified atom stereocenters. The van der Waals surface area contributed by atoms with Gasteiger partial charge in [-0.1, -0.05) is 24.3 Å². The summed E-state index contributed by atoms with van der Waals surface area (Å²) in [6.45, 7) is 3.85. The number of aliphatic hydroxyl groups excluding tert-OH is 1. The highest BCUT2D eigenvalue weighted by atomic mass is 16.5.